The maximum atomic E-state index is 4.69. The van der Waals surface area contributed by atoms with Gasteiger partial charge in [-0.3, -0.25) is 4.98 Å². The molecule has 0 unspecified atom stereocenters. The van der Waals surface area contributed by atoms with Crippen molar-refractivity contribution < 1.29 is 0 Å². The molecular formula is C13H22N4. The largest absolute Gasteiger partial charge is 0.352 e. The SMILES string of the molecule is CCCN(c1cncc(CNCC)n1)C1CC1. The standard InChI is InChI=1S/C13H22N4/c1-3-7-17(12-5-6-12)13-10-15-9-11(16-13)8-14-4-2/h9-10,12,14H,3-8H2,1-2H3. The highest BCUT2D eigenvalue weighted by atomic mass is 15.2. The average Bonchev–Trinajstić information content (AvgIpc) is 3.18. The van der Waals surface area contributed by atoms with Crippen molar-refractivity contribution in [3.63, 3.8) is 0 Å². The second-order valence-corrected chi connectivity index (χ2v) is 4.57. The topological polar surface area (TPSA) is 41.1 Å². The molecule has 1 heterocycles. The van der Waals surface area contributed by atoms with Crippen molar-refractivity contribution in [1.82, 2.24) is 15.3 Å². The van der Waals surface area contributed by atoms with E-state index in [2.05, 4.69) is 29.0 Å². The van der Waals surface area contributed by atoms with Crippen molar-refractivity contribution in [3.05, 3.63) is 18.1 Å². The molecule has 0 aliphatic heterocycles. The van der Waals surface area contributed by atoms with Crippen LogP contribution in [0.15, 0.2) is 12.4 Å². The highest BCUT2D eigenvalue weighted by Gasteiger charge is 2.29. The second-order valence-electron chi connectivity index (χ2n) is 4.57. The molecule has 0 atom stereocenters. The summed E-state index contributed by atoms with van der Waals surface area (Å²) in [5.41, 5.74) is 1.03. The van der Waals surface area contributed by atoms with Gasteiger partial charge < -0.3 is 10.2 Å². The highest BCUT2D eigenvalue weighted by molar-refractivity contribution is 5.39. The van der Waals surface area contributed by atoms with Crippen LogP contribution in [0.5, 0.6) is 0 Å². The number of nitrogens with zero attached hydrogens (tertiary/aromatic N) is 3. The van der Waals surface area contributed by atoms with Gasteiger partial charge in [-0.15, -0.1) is 0 Å². The van der Waals surface area contributed by atoms with E-state index in [0.717, 1.165) is 37.6 Å². The van der Waals surface area contributed by atoms with E-state index in [1.165, 1.54) is 12.8 Å². The minimum absolute atomic E-state index is 0.707. The lowest BCUT2D eigenvalue weighted by Crippen LogP contribution is -2.28. The lowest BCUT2D eigenvalue weighted by Gasteiger charge is -2.22. The first-order valence-electron chi connectivity index (χ1n) is 6.63. The van der Waals surface area contributed by atoms with Gasteiger partial charge in [0.15, 0.2) is 0 Å². The van der Waals surface area contributed by atoms with Gasteiger partial charge in [-0.1, -0.05) is 13.8 Å². The van der Waals surface area contributed by atoms with E-state index in [0.29, 0.717) is 6.04 Å². The third-order valence-electron chi connectivity index (χ3n) is 2.97. The molecule has 2 rings (SSSR count). The van der Waals surface area contributed by atoms with Crippen LogP contribution in [0.1, 0.15) is 38.8 Å². The molecule has 0 amide bonds. The van der Waals surface area contributed by atoms with E-state index in [4.69, 9.17) is 4.98 Å². The van der Waals surface area contributed by atoms with Crippen LogP contribution >= 0.6 is 0 Å². The number of aromatic nitrogens is 2. The van der Waals surface area contributed by atoms with Crippen molar-refractivity contribution in [3.8, 4) is 0 Å². The summed E-state index contributed by atoms with van der Waals surface area (Å²) >= 11 is 0. The normalized spacial score (nSPS) is 14.9. The highest BCUT2D eigenvalue weighted by Crippen LogP contribution is 2.30. The van der Waals surface area contributed by atoms with Gasteiger partial charge >= 0.3 is 0 Å². The van der Waals surface area contributed by atoms with Crippen LogP contribution in [0.4, 0.5) is 5.82 Å². The van der Waals surface area contributed by atoms with Gasteiger partial charge in [-0.2, -0.15) is 0 Å². The average molecular weight is 234 g/mol. The summed E-state index contributed by atoms with van der Waals surface area (Å²) in [6, 6.07) is 0.707. The Hall–Kier alpha value is -1.16. The van der Waals surface area contributed by atoms with Gasteiger partial charge in [0.1, 0.15) is 5.82 Å². The summed E-state index contributed by atoms with van der Waals surface area (Å²) in [7, 11) is 0. The molecular weight excluding hydrogens is 212 g/mol. The van der Waals surface area contributed by atoms with Crippen LogP contribution in [-0.2, 0) is 6.54 Å². The van der Waals surface area contributed by atoms with E-state index in [1.54, 1.807) is 0 Å². The molecule has 1 N–H and O–H groups in total. The third kappa shape index (κ3) is 3.40. The van der Waals surface area contributed by atoms with E-state index >= 15 is 0 Å². The predicted octanol–water partition coefficient (Wildman–Crippen LogP) is 1.96. The van der Waals surface area contributed by atoms with Crippen LogP contribution in [0.25, 0.3) is 0 Å². The Morgan fingerprint density at radius 3 is 2.82 bits per heavy atom. The van der Waals surface area contributed by atoms with E-state index in [-0.39, 0.29) is 0 Å². The third-order valence-corrected chi connectivity index (χ3v) is 2.97. The smallest absolute Gasteiger partial charge is 0.147 e. The monoisotopic (exact) mass is 234 g/mol. The summed E-state index contributed by atoms with van der Waals surface area (Å²) in [4.78, 5) is 11.4. The van der Waals surface area contributed by atoms with Crippen LogP contribution < -0.4 is 10.2 Å². The molecule has 17 heavy (non-hydrogen) atoms. The van der Waals surface area contributed by atoms with Crippen LogP contribution in [0, 0.1) is 0 Å². The Kier molecular flexibility index (Phi) is 4.31. The molecule has 0 bridgehead atoms. The van der Waals surface area contributed by atoms with Crippen LogP contribution in [0.2, 0.25) is 0 Å². The van der Waals surface area contributed by atoms with Crippen molar-refractivity contribution in [2.24, 2.45) is 0 Å². The first-order valence-corrected chi connectivity index (χ1v) is 6.63. The van der Waals surface area contributed by atoms with E-state index in [9.17, 15) is 0 Å². The predicted molar refractivity (Wildman–Crippen MR) is 70.1 cm³/mol. The molecule has 1 aromatic rings. The van der Waals surface area contributed by atoms with Gasteiger partial charge in [-0.05, 0) is 25.8 Å². The number of nitrogens with one attached hydrogen (secondary N) is 1. The molecule has 1 aromatic heterocycles. The minimum Gasteiger partial charge on any atom is -0.352 e. The van der Waals surface area contributed by atoms with Crippen molar-refractivity contribution in [1.29, 1.82) is 0 Å². The van der Waals surface area contributed by atoms with Crippen molar-refractivity contribution in [2.45, 2.75) is 45.7 Å². The quantitative estimate of drug-likeness (QED) is 0.783. The molecule has 94 valence electrons. The van der Waals surface area contributed by atoms with Crippen molar-refractivity contribution >= 4 is 5.82 Å². The Bertz CT molecular complexity index is 349. The first kappa shape index (κ1) is 12.3. The molecule has 0 saturated heterocycles. The van der Waals surface area contributed by atoms with Gasteiger partial charge in [0.2, 0.25) is 0 Å². The first-order chi connectivity index (χ1) is 8.35. The molecule has 0 aromatic carbocycles. The van der Waals surface area contributed by atoms with Gasteiger partial charge in [0.05, 0.1) is 11.9 Å². The molecule has 4 nitrogen and oxygen atoms in total. The Morgan fingerprint density at radius 2 is 2.18 bits per heavy atom. The van der Waals surface area contributed by atoms with E-state index in [1.807, 2.05) is 12.4 Å². The summed E-state index contributed by atoms with van der Waals surface area (Å²) < 4.78 is 0. The molecule has 1 saturated carbocycles. The van der Waals surface area contributed by atoms with Crippen molar-refractivity contribution in [2.75, 3.05) is 18.0 Å². The van der Waals surface area contributed by atoms with Crippen LogP contribution in [0.3, 0.4) is 0 Å². The molecule has 0 radical (unpaired) electrons. The molecule has 0 spiro atoms. The van der Waals surface area contributed by atoms with Gasteiger partial charge in [-0.25, -0.2) is 4.98 Å². The van der Waals surface area contributed by atoms with Gasteiger partial charge in [0.25, 0.3) is 0 Å². The van der Waals surface area contributed by atoms with E-state index < -0.39 is 0 Å². The fraction of sp³-hybridized carbons (Fsp3) is 0.692. The summed E-state index contributed by atoms with van der Waals surface area (Å²) in [6.07, 6.45) is 7.51. The molecule has 1 fully saturated rings. The summed E-state index contributed by atoms with van der Waals surface area (Å²) in [5, 5.41) is 3.29. The summed E-state index contributed by atoms with van der Waals surface area (Å²) in [5.74, 6) is 1.05. The lowest BCUT2D eigenvalue weighted by atomic mass is 10.3. The van der Waals surface area contributed by atoms with Crippen LogP contribution in [-0.4, -0.2) is 29.1 Å². The Morgan fingerprint density at radius 1 is 1.35 bits per heavy atom. The minimum atomic E-state index is 0.707. The zero-order chi connectivity index (χ0) is 12.1. The number of hydrogen-bond donors (Lipinski definition) is 1. The fourth-order valence-electron chi connectivity index (χ4n) is 1.98. The maximum Gasteiger partial charge on any atom is 0.147 e. The Labute approximate surface area is 103 Å². The number of hydrogen-bond acceptors (Lipinski definition) is 4. The number of anilines is 1. The fourth-order valence-corrected chi connectivity index (χ4v) is 1.98. The number of rotatable bonds is 7. The summed E-state index contributed by atoms with van der Waals surface area (Å²) in [6.45, 7) is 7.18. The molecule has 1 aliphatic carbocycles. The van der Waals surface area contributed by atoms with Gasteiger partial charge in [0, 0.05) is 25.3 Å². The molecule has 1 aliphatic rings. The second kappa shape index (κ2) is 5.96. The Balaban J connectivity index is 2.07. The molecule has 4 heteroatoms. The zero-order valence-electron chi connectivity index (χ0n) is 10.8. The maximum absolute atomic E-state index is 4.69. The lowest BCUT2D eigenvalue weighted by molar-refractivity contribution is 0.696. The zero-order valence-corrected chi connectivity index (χ0v) is 10.8.